The normalized spacial score (nSPS) is 12.2. The fraction of sp³-hybridized carbons (Fsp3) is 0.158. The van der Waals surface area contributed by atoms with Gasteiger partial charge in [0.05, 0.1) is 12.8 Å². The Morgan fingerprint density at radius 1 is 1.35 bits per heavy atom. The van der Waals surface area contributed by atoms with E-state index in [9.17, 15) is 4.79 Å². The lowest BCUT2D eigenvalue weighted by molar-refractivity contribution is -0.112. The Hall–Kier alpha value is -3.48. The Labute approximate surface area is 152 Å². The summed E-state index contributed by atoms with van der Waals surface area (Å²) in [6.07, 6.45) is 3.30. The molecule has 0 spiro atoms. The number of hydrogen-bond donors (Lipinski definition) is 2. The summed E-state index contributed by atoms with van der Waals surface area (Å²) in [6.45, 7) is 7.05. The average Bonchev–Trinajstić information content (AvgIpc) is 2.66. The predicted molar refractivity (Wildman–Crippen MR) is 104 cm³/mol. The maximum Gasteiger partial charge on any atom is 0.278 e. The molecule has 134 valence electrons. The van der Waals surface area contributed by atoms with E-state index in [1.165, 1.54) is 7.11 Å². The number of amides is 1. The summed E-state index contributed by atoms with van der Waals surface area (Å²) in [5.74, 6) is -0.0548. The number of aliphatic imine (C=N–C) groups is 2. The number of carbonyl (C=O) groups is 1. The van der Waals surface area contributed by atoms with Crippen LogP contribution in [0.25, 0.3) is 0 Å². The number of anilines is 1. The van der Waals surface area contributed by atoms with Crippen molar-refractivity contribution in [1.29, 1.82) is 0 Å². The zero-order valence-corrected chi connectivity index (χ0v) is 15.0. The minimum atomic E-state index is -0.512. The number of nitrogens with one attached hydrogen (secondary N) is 1. The molecule has 0 bridgehead atoms. The molecule has 0 atom stereocenters. The minimum Gasteiger partial charge on any atom is -0.495 e. The van der Waals surface area contributed by atoms with Gasteiger partial charge in [0.2, 0.25) is 0 Å². The van der Waals surface area contributed by atoms with Crippen LogP contribution in [0.3, 0.4) is 0 Å². The number of aromatic nitrogens is 1. The highest BCUT2D eigenvalue weighted by atomic mass is 16.5. The van der Waals surface area contributed by atoms with Crippen molar-refractivity contribution in [1.82, 2.24) is 4.98 Å². The highest BCUT2D eigenvalue weighted by Crippen LogP contribution is 2.26. The molecule has 0 saturated heterocycles. The molecule has 7 heteroatoms. The van der Waals surface area contributed by atoms with Crippen LogP contribution in [-0.4, -0.2) is 30.4 Å². The molecule has 26 heavy (non-hydrogen) atoms. The molecule has 1 heterocycles. The third-order valence-electron chi connectivity index (χ3n) is 3.59. The Morgan fingerprint density at radius 3 is 2.73 bits per heavy atom. The quantitative estimate of drug-likeness (QED) is 0.617. The molecule has 0 fully saturated rings. The lowest BCUT2D eigenvalue weighted by Crippen LogP contribution is -2.18. The zero-order chi connectivity index (χ0) is 19.1. The first-order chi connectivity index (χ1) is 12.5. The first-order valence-electron chi connectivity index (χ1n) is 7.84. The van der Waals surface area contributed by atoms with Gasteiger partial charge in [0.25, 0.3) is 5.91 Å². The standard InChI is InChI=1S/C19H21N5O2/c1-12-7-8-16(26-4)15(10-12)24-19(25)17(18(20)21-3)23-13(2)14-6-5-9-22-11-14/h5-11H,3,20H2,1-2,4H3,(H,24,25)/b18-17-,23-13?. The zero-order valence-electron chi connectivity index (χ0n) is 15.0. The molecule has 2 rings (SSSR count). The van der Waals surface area contributed by atoms with Crippen LogP contribution in [0.1, 0.15) is 18.1 Å². The first-order valence-corrected chi connectivity index (χ1v) is 7.84. The second-order valence-corrected chi connectivity index (χ2v) is 5.49. The van der Waals surface area contributed by atoms with Crippen molar-refractivity contribution in [2.24, 2.45) is 15.7 Å². The number of rotatable bonds is 6. The lowest BCUT2D eigenvalue weighted by atomic mass is 10.2. The maximum absolute atomic E-state index is 12.7. The Morgan fingerprint density at radius 2 is 2.12 bits per heavy atom. The van der Waals surface area contributed by atoms with E-state index in [-0.39, 0.29) is 11.5 Å². The number of pyridine rings is 1. The van der Waals surface area contributed by atoms with Gasteiger partial charge in [-0.25, -0.2) is 9.98 Å². The number of aryl methyl sites for hydroxylation is 1. The maximum atomic E-state index is 12.7. The van der Waals surface area contributed by atoms with Crippen LogP contribution in [0.15, 0.2) is 64.2 Å². The van der Waals surface area contributed by atoms with Gasteiger partial charge in [0.1, 0.15) is 5.75 Å². The molecule has 0 radical (unpaired) electrons. The van der Waals surface area contributed by atoms with Crippen LogP contribution in [0, 0.1) is 6.92 Å². The van der Waals surface area contributed by atoms with Crippen molar-refractivity contribution in [3.05, 3.63) is 65.4 Å². The number of ether oxygens (including phenoxy) is 1. The van der Waals surface area contributed by atoms with E-state index in [0.717, 1.165) is 11.1 Å². The van der Waals surface area contributed by atoms with E-state index < -0.39 is 5.91 Å². The summed E-state index contributed by atoms with van der Waals surface area (Å²) < 4.78 is 5.28. The van der Waals surface area contributed by atoms with E-state index in [2.05, 4.69) is 27.0 Å². The summed E-state index contributed by atoms with van der Waals surface area (Å²) in [5, 5.41) is 2.76. The number of carbonyl (C=O) groups excluding carboxylic acids is 1. The van der Waals surface area contributed by atoms with Crippen LogP contribution in [0.2, 0.25) is 0 Å². The summed E-state index contributed by atoms with van der Waals surface area (Å²) in [6, 6.07) is 9.07. The van der Waals surface area contributed by atoms with Crippen molar-refractivity contribution >= 4 is 24.0 Å². The van der Waals surface area contributed by atoms with Gasteiger partial charge in [0, 0.05) is 23.7 Å². The van der Waals surface area contributed by atoms with Crippen molar-refractivity contribution in [3.63, 3.8) is 0 Å². The lowest BCUT2D eigenvalue weighted by Gasteiger charge is -2.12. The van der Waals surface area contributed by atoms with Gasteiger partial charge in [0.15, 0.2) is 11.5 Å². The summed E-state index contributed by atoms with van der Waals surface area (Å²) in [5.41, 5.74) is 8.62. The van der Waals surface area contributed by atoms with Gasteiger partial charge in [-0.05, 0) is 44.3 Å². The van der Waals surface area contributed by atoms with Gasteiger partial charge in [-0.1, -0.05) is 12.1 Å². The van der Waals surface area contributed by atoms with Crippen LogP contribution in [-0.2, 0) is 4.79 Å². The van der Waals surface area contributed by atoms with Gasteiger partial charge in [-0.3, -0.25) is 9.78 Å². The molecule has 0 saturated carbocycles. The monoisotopic (exact) mass is 351 g/mol. The fourth-order valence-electron chi connectivity index (χ4n) is 2.21. The third-order valence-corrected chi connectivity index (χ3v) is 3.59. The van der Waals surface area contributed by atoms with Crippen LogP contribution in [0.5, 0.6) is 5.75 Å². The SMILES string of the molecule is C=N/C(N)=C(\N=C(C)c1cccnc1)C(=O)Nc1cc(C)ccc1OC. The van der Waals surface area contributed by atoms with Gasteiger partial charge < -0.3 is 15.8 Å². The fourth-order valence-corrected chi connectivity index (χ4v) is 2.21. The molecular formula is C19H21N5O2. The van der Waals surface area contributed by atoms with Gasteiger partial charge in [-0.15, -0.1) is 0 Å². The number of methoxy groups -OCH3 is 1. The second-order valence-electron chi connectivity index (χ2n) is 5.49. The second kappa shape index (κ2) is 8.57. The molecule has 1 amide bonds. The minimum absolute atomic E-state index is 0.0371. The van der Waals surface area contributed by atoms with Crippen LogP contribution >= 0.6 is 0 Å². The van der Waals surface area contributed by atoms with Crippen LogP contribution in [0.4, 0.5) is 5.69 Å². The van der Waals surface area contributed by atoms with Gasteiger partial charge in [-0.2, -0.15) is 0 Å². The Bertz CT molecular complexity index is 873. The highest BCUT2D eigenvalue weighted by Gasteiger charge is 2.16. The molecule has 0 aliphatic heterocycles. The van der Waals surface area contributed by atoms with Gasteiger partial charge >= 0.3 is 0 Å². The molecule has 0 unspecified atom stereocenters. The highest BCUT2D eigenvalue weighted by molar-refractivity contribution is 6.08. The number of hydrogen-bond acceptors (Lipinski definition) is 6. The van der Waals surface area contributed by atoms with Crippen molar-refractivity contribution in [2.75, 3.05) is 12.4 Å². The molecule has 3 N–H and O–H groups in total. The summed E-state index contributed by atoms with van der Waals surface area (Å²) >= 11 is 0. The molecule has 7 nitrogen and oxygen atoms in total. The molecule has 1 aromatic carbocycles. The Balaban J connectivity index is 2.38. The summed E-state index contributed by atoms with van der Waals surface area (Å²) in [7, 11) is 1.53. The topological polar surface area (TPSA) is 102 Å². The number of nitrogens with zero attached hydrogens (tertiary/aromatic N) is 3. The largest absolute Gasteiger partial charge is 0.495 e. The Kier molecular flexibility index (Phi) is 6.21. The van der Waals surface area contributed by atoms with Crippen LogP contribution < -0.4 is 15.8 Å². The number of benzene rings is 1. The molecule has 0 aliphatic rings. The third kappa shape index (κ3) is 4.54. The molecular weight excluding hydrogens is 330 g/mol. The summed E-state index contributed by atoms with van der Waals surface area (Å²) in [4.78, 5) is 24.8. The molecule has 0 aliphatic carbocycles. The first kappa shape index (κ1) is 18.9. The molecule has 1 aromatic heterocycles. The molecule has 2 aromatic rings. The van der Waals surface area contributed by atoms with Crippen molar-refractivity contribution in [2.45, 2.75) is 13.8 Å². The van der Waals surface area contributed by atoms with E-state index in [4.69, 9.17) is 10.5 Å². The smallest absolute Gasteiger partial charge is 0.278 e. The van der Waals surface area contributed by atoms with Crippen molar-refractivity contribution in [3.8, 4) is 5.75 Å². The van der Waals surface area contributed by atoms with E-state index in [0.29, 0.717) is 17.1 Å². The number of nitrogens with two attached hydrogens (primary N) is 1. The van der Waals surface area contributed by atoms with E-state index >= 15 is 0 Å². The average molecular weight is 351 g/mol. The van der Waals surface area contributed by atoms with E-state index in [1.807, 2.05) is 19.1 Å². The van der Waals surface area contributed by atoms with Crippen molar-refractivity contribution < 1.29 is 9.53 Å². The predicted octanol–water partition coefficient (Wildman–Crippen LogP) is 2.67. The van der Waals surface area contributed by atoms with E-state index in [1.54, 1.807) is 37.5 Å².